The lowest BCUT2D eigenvalue weighted by atomic mass is 10.1. The fraction of sp³-hybridized carbons (Fsp3) is 0.316. The van der Waals surface area contributed by atoms with Gasteiger partial charge >= 0.3 is 0 Å². The van der Waals surface area contributed by atoms with Gasteiger partial charge in [0.1, 0.15) is 0 Å². The maximum Gasteiger partial charge on any atom is 0.261 e. The van der Waals surface area contributed by atoms with Gasteiger partial charge in [0, 0.05) is 6.54 Å². The third-order valence-corrected chi connectivity index (χ3v) is 3.56. The summed E-state index contributed by atoms with van der Waals surface area (Å²) in [7, 11) is 1.59. The monoisotopic (exact) mass is 313 g/mol. The number of benzene rings is 2. The van der Waals surface area contributed by atoms with Crippen molar-refractivity contribution in [1.82, 2.24) is 5.32 Å². The quantitative estimate of drug-likeness (QED) is 0.814. The van der Waals surface area contributed by atoms with Gasteiger partial charge in [-0.25, -0.2) is 0 Å². The first kappa shape index (κ1) is 16.9. The minimum Gasteiger partial charge on any atom is -0.493 e. The number of carbonyl (C=O) groups is 1. The number of hydrogen-bond donors (Lipinski definition) is 1. The number of para-hydroxylation sites is 2. The Balaban J connectivity index is 1.88. The summed E-state index contributed by atoms with van der Waals surface area (Å²) in [5, 5.41) is 2.94. The van der Waals surface area contributed by atoms with Crippen LogP contribution in [-0.4, -0.2) is 25.7 Å². The molecule has 0 aromatic heterocycles. The highest BCUT2D eigenvalue weighted by Crippen LogP contribution is 2.27. The van der Waals surface area contributed by atoms with Crippen LogP contribution in [0.4, 0.5) is 0 Å². The van der Waals surface area contributed by atoms with Crippen molar-refractivity contribution in [3.8, 4) is 11.5 Å². The van der Waals surface area contributed by atoms with Crippen molar-refractivity contribution in [2.75, 3.05) is 13.7 Å². The average molecular weight is 313 g/mol. The Hall–Kier alpha value is -2.49. The van der Waals surface area contributed by atoms with Crippen LogP contribution >= 0.6 is 0 Å². The molecule has 1 atom stereocenters. The van der Waals surface area contributed by atoms with Crippen LogP contribution in [0.1, 0.15) is 18.9 Å². The summed E-state index contributed by atoms with van der Waals surface area (Å²) in [4.78, 5) is 12.3. The van der Waals surface area contributed by atoms with Crippen LogP contribution in [0.2, 0.25) is 0 Å². The molecule has 0 aliphatic carbocycles. The Morgan fingerprint density at radius 1 is 1.04 bits per heavy atom. The Morgan fingerprint density at radius 3 is 2.35 bits per heavy atom. The van der Waals surface area contributed by atoms with Gasteiger partial charge in [0.25, 0.3) is 5.91 Å². The second-order valence-electron chi connectivity index (χ2n) is 5.19. The molecule has 0 spiro atoms. The molecule has 2 aromatic carbocycles. The van der Waals surface area contributed by atoms with E-state index in [1.54, 1.807) is 13.2 Å². The van der Waals surface area contributed by atoms with Crippen LogP contribution in [0.25, 0.3) is 0 Å². The lowest BCUT2D eigenvalue weighted by molar-refractivity contribution is -0.128. The van der Waals surface area contributed by atoms with Crippen LogP contribution < -0.4 is 14.8 Å². The first-order valence-corrected chi connectivity index (χ1v) is 7.86. The van der Waals surface area contributed by atoms with E-state index in [2.05, 4.69) is 17.4 Å². The predicted molar refractivity (Wildman–Crippen MR) is 90.9 cm³/mol. The van der Waals surface area contributed by atoms with Crippen molar-refractivity contribution in [3.05, 3.63) is 60.2 Å². The van der Waals surface area contributed by atoms with Crippen molar-refractivity contribution in [2.45, 2.75) is 25.9 Å². The van der Waals surface area contributed by atoms with Gasteiger partial charge in [-0.1, -0.05) is 49.4 Å². The molecule has 1 N–H and O–H groups in total. The third kappa shape index (κ3) is 5.02. The van der Waals surface area contributed by atoms with Crippen LogP contribution in [0.5, 0.6) is 11.5 Å². The van der Waals surface area contributed by atoms with Crippen molar-refractivity contribution < 1.29 is 14.3 Å². The Kier molecular flexibility index (Phi) is 6.48. The van der Waals surface area contributed by atoms with E-state index in [9.17, 15) is 4.79 Å². The molecule has 0 saturated carbocycles. The first-order chi connectivity index (χ1) is 11.2. The zero-order chi connectivity index (χ0) is 16.5. The first-order valence-electron chi connectivity index (χ1n) is 7.86. The van der Waals surface area contributed by atoms with Gasteiger partial charge in [-0.3, -0.25) is 4.79 Å². The number of hydrogen-bond acceptors (Lipinski definition) is 3. The van der Waals surface area contributed by atoms with Gasteiger partial charge in [0.05, 0.1) is 7.11 Å². The number of amides is 1. The zero-order valence-corrected chi connectivity index (χ0v) is 13.6. The summed E-state index contributed by atoms with van der Waals surface area (Å²) in [5.74, 6) is 1.11. The SMILES string of the molecule is CC[C@H](Oc1ccccc1OC)C(=O)NCCc1ccccc1. The van der Waals surface area contributed by atoms with E-state index < -0.39 is 6.10 Å². The molecule has 0 bridgehead atoms. The molecule has 4 nitrogen and oxygen atoms in total. The van der Waals surface area contributed by atoms with E-state index in [1.165, 1.54) is 5.56 Å². The summed E-state index contributed by atoms with van der Waals surface area (Å²) in [6, 6.07) is 17.4. The third-order valence-electron chi connectivity index (χ3n) is 3.56. The van der Waals surface area contributed by atoms with Gasteiger partial charge in [0.2, 0.25) is 0 Å². The highest BCUT2D eigenvalue weighted by Gasteiger charge is 2.19. The fourth-order valence-electron chi connectivity index (χ4n) is 2.28. The lowest BCUT2D eigenvalue weighted by Gasteiger charge is -2.18. The van der Waals surface area contributed by atoms with Gasteiger partial charge in [-0.2, -0.15) is 0 Å². The van der Waals surface area contributed by atoms with Crippen molar-refractivity contribution in [2.24, 2.45) is 0 Å². The van der Waals surface area contributed by atoms with Gasteiger partial charge < -0.3 is 14.8 Å². The molecule has 2 rings (SSSR count). The second kappa shape index (κ2) is 8.83. The standard InChI is InChI=1S/C19H23NO3/c1-3-16(23-18-12-8-7-11-17(18)22-2)19(21)20-14-13-15-9-5-4-6-10-15/h4-12,16H,3,13-14H2,1-2H3,(H,20,21)/t16-/m0/s1. The molecule has 2 aromatic rings. The molecule has 0 unspecified atom stereocenters. The van der Waals surface area contributed by atoms with E-state index in [1.807, 2.05) is 43.3 Å². The van der Waals surface area contributed by atoms with Crippen LogP contribution in [0.3, 0.4) is 0 Å². The molecule has 0 heterocycles. The lowest BCUT2D eigenvalue weighted by Crippen LogP contribution is -2.39. The molecular weight excluding hydrogens is 290 g/mol. The minimum absolute atomic E-state index is 0.102. The second-order valence-corrected chi connectivity index (χ2v) is 5.19. The number of ether oxygens (including phenoxy) is 2. The molecule has 0 saturated heterocycles. The maximum absolute atomic E-state index is 12.3. The molecule has 122 valence electrons. The maximum atomic E-state index is 12.3. The van der Waals surface area contributed by atoms with Crippen LogP contribution in [0.15, 0.2) is 54.6 Å². The van der Waals surface area contributed by atoms with E-state index in [0.29, 0.717) is 24.5 Å². The summed E-state index contributed by atoms with van der Waals surface area (Å²) < 4.78 is 11.1. The van der Waals surface area contributed by atoms with E-state index >= 15 is 0 Å². The van der Waals surface area contributed by atoms with Gasteiger partial charge in [0.15, 0.2) is 17.6 Å². The van der Waals surface area contributed by atoms with E-state index in [0.717, 1.165) is 6.42 Å². The Labute approximate surface area is 137 Å². The summed E-state index contributed by atoms with van der Waals surface area (Å²) in [6.07, 6.45) is 0.870. The smallest absolute Gasteiger partial charge is 0.261 e. The zero-order valence-electron chi connectivity index (χ0n) is 13.6. The van der Waals surface area contributed by atoms with E-state index in [-0.39, 0.29) is 5.91 Å². The Morgan fingerprint density at radius 2 is 1.70 bits per heavy atom. The topological polar surface area (TPSA) is 47.6 Å². The van der Waals surface area contributed by atoms with Gasteiger partial charge in [-0.15, -0.1) is 0 Å². The number of nitrogens with one attached hydrogen (secondary N) is 1. The summed E-state index contributed by atoms with van der Waals surface area (Å²) >= 11 is 0. The number of carbonyl (C=O) groups excluding carboxylic acids is 1. The molecule has 1 amide bonds. The van der Waals surface area contributed by atoms with E-state index in [4.69, 9.17) is 9.47 Å². The predicted octanol–water partition coefficient (Wildman–Crippen LogP) is 3.21. The largest absolute Gasteiger partial charge is 0.493 e. The van der Waals surface area contributed by atoms with Crippen LogP contribution in [0, 0.1) is 0 Å². The van der Waals surface area contributed by atoms with Crippen molar-refractivity contribution in [1.29, 1.82) is 0 Å². The average Bonchev–Trinajstić information content (AvgIpc) is 2.60. The van der Waals surface area contributed by atoms with Crippen molar-refractivity contribution in [3.63, 3.8) is 0 Å². The number of methoxy groups -OCH3 is 1. The molecule has 0 aliphatic heterocycles. The molecule has 0 aliphatic rings. The highest BCUT2D eigenvalue weighted by molar-refractivity contribution is 5.81. The molecule has 0 fully saturated rings. The molecular formula is C19H23NO3. The molecule has 23 heavy (non-hydrogen) atoms. The van der Waals surface area contributed by atoms with Crippen LogP contribution in [-0.2, 0) is 11.2 Å². The fourth-order valence-corrected chi connectivity index (χ4v) is 2.28. The van der Waals surface area contributed by atoms with Gasteiger partial charge in [-0.05, 0) is 30.5 Å². The highest BCUT2D eigenvalue weighted by atomic mass is 16.5. The summed E-state index contributed by atoms with van der Waals surface area (Å²) in [6.45, 7) is 2.52. The van der Waals surface area contributed by atoms with Crippen molar-refractivity contribution >= 4 is 5.91 Å². The molecule has 4 heteroatoms. The summed E-state index contributed by atoms with van der Waals surface area (Å²) in [5.41, 5.74) is 1.20. The normalized spacial score (nSPS) is 11.6. The number of rotatable bonds is 8. The molecule has 0 radical (unpaired) electrons. The Bertz CT molecular complexity index is 613. The minimum atomic E-state index is -0.526.